The smallest absolute Gasteiger partial charge is 0.320 e. The van der Waals surface area contributed by atoms with E-state index in [2.05, 4.69) is 65.6 Å². The maximum atomic E-state index is 13.5. The van der Waals surface area contributed by atoms with E-state index in [4.69, 9.17) is 9.84 Å². The molecule has 0 radical (unpaired) electrons. The molecule has 1 saturated heterocycles. The summed E-state index contributed by atoms with van der Waals surface area (Å²) in [5.74, 6) is 2.27. The van der Waals surface area contributed by atoms with E-state index in [1.165, 1.54) is 24.8 Å². The molecule has 2 aromatic carbocycles. The number of amides is 2. The van der Waals surface area contributed by atoms with Crippen molar-refractivity contribution in [1.29, 1.82) is 0 Å². The number of urea groups is 1. The van der Waals surface area contributed by atoms with Crippen molar-refractivity contribution >= 4 is 23.4 Å². The fraction of sp³-hybridized carbons (Fsp3) is 0.389. The predicted octanol–water partition coefficient (Wildman–Crippen LogP) is 7.29. The lowest BCUT2D eigenvalue weighted by molar-refractivity contribution is 0.171. The van der Waals surface area contributed by atoms with Gasteiger partial charge in [0.1, 0.15) is 17.7 Å². The highest BCUT2D eigenvalue weighted by Crippen LogP contribution is 2.39. The summed E-state index contributed by atoms with van der Waals surface area (Å²) in [5.41, 5.74) is 5.75. The molecule has 2 amide bonds. The standard InChI is InChI=1S/C36H42N8O2/c1-24-12-14-25(15-13-24)44-33(22-31(41-44)36(2,3)4)38-34(45)37-29-17-18-30(28-11-7-6-10-27(28)29)46-26-16-19-32-39-40-35(43(32)23-26)42-20-8-5-9-21-42/h6-7,10-16,19,22-23,29-30H,5,8-9,17-18,20-21H2,1-4H3,(H2,37,38,45)/t29-,30-/m0/s1. The molecule has 2 aliphatic rings. The minimum atomic E-state index is -0.267. The third kappa shape index (κ3) is 6.03. The molecular formula is C36H42N8O2. The Bertz CT molecular complexity index is 1850. The molecule has 7 rings (SSSR count). The van der Waals surface area contributed by atoms with E-state index in [0.29, 0.717) is 5.82 Å². The zero-order chi connectivity index (χ0) is 31.8. The van der Waals surface area contributed by atoms with Gasteiger partial charge in [-0.25, -0.2) is 9.48 Å². The summed E-state index contributed by atoms with van der Waals surface area (Å²) in [7, 11) is 0. The number of carbonyl (C=O) groups excluding carboxylic acids is 1. The van der Waals surface area contributed by atoms with Gasteiger partial charge >= 0.3 is 6.03 Å². The van der Waals surface area contributed by atoms with E-state index in [9.17, 15) is 4.79 Å². The maximum Gasteiger partial charge on any atom is 0.320 e. The van der Waals surface area contributed by atoms with Crippen molar-refractivity contribution in [2.45, 2.75) is 77.4 Å². The zero-order valence-electron chi connectivity index (χ0n) is 27.0. The van der Waals surface area contributed by atoms with E-state index in [-0.39, 0.29) is 23.6 Å². The van der Waals surface area contributed by atoms with Gasteiger partial charge in [0.2, 0.25) is 5.95 Å². The predicted molar refractivity (Wildman–Crippen MR) is 180 cm³/mol. The SMILES string of the molecule is Cc1ccc(-n2nc(C(C)(C)C)cc2NC(=O)N[C@H]2CC[C@H](Oc3ccc4nnc(N5CCCCC5)n4c3)c3ccccc32)cc1. The second-order valence-electron chi connectivity index (χ2n) is 13.5. The molecule has 10 heteroatoms. The van der Waals surface area contributed by atoms with Crippen LogP contribution in [0, 0.1) is 6.92 Å². The lowest BCUT2D eigenvalue weighted by Crippen LogP contribution is -2.36. The lowest BCUT2D eigenvalue weighted by atomic mass is 9.85. The first-order valence-electron chi connectivity index (χ1n) is 16.3. The molecule has 0 unspecified atom stereocenters. The fourth-order valence-electron chi connectivity index (χ4n) is 6.46. The summed E-state index contributed by atoms with van der Waals surface area (Å²) in [6.45, 7) is 10.4. The number of nitrogens with one attached hydrogen (secondary N) is 2. The number of piperidine rings is 1. The summed E-state index contributed by atoms with van der Waals surface area (Å²) in [5, 5.41) is 20.1. The number of nitrogens with zero attached hydrogens (tertiary/aromatic N) is 6. The van der Waals surface area contributed by atoms with Crippen LogP contribution in [0.1, 0.15) is 87.4 Å². The molecule has 1 aliphatic carbocycles. The molecule has 238 valence electrons. The van der Waals surface area contributed by atoms with Gasteiger partial charge in [0, 0.05) is 24.6 Å². The Kier molecular flexibility index (Phi) is 7.88. The Hall–Kier alpha value is -4.86. The van der Waals surface area contributed by atoms with Crippen LogP contribution in [0.25, 0.3) is 11.3 Å². The van der Waals surface area contributed by atoms with Gasteiger partial charge in [-0.05, 0) is 74.4 Å². The molecule has 3 aromatic heterocycles. The maximum absolute atomic E-state index is 13.5. The van der Waals surface area contributed by atoms with Gasteiger partial charge in [0.25, 0.3) is 0 Å². The minimum absolute atomic E-state index is 0.137. The largest absolute Gasteiger partial charge is 0.484 e. The summed E-state index contributed by atoms with van der Waals surface area (Å²) in [6, 6.07) is 21.8. The molecule has 10 nitrogen and oxygen atoms in total. The third-order valence-corrected chi connectivity index (χ3v) is 9.01. The van der Waals surface area contributed by atoms with E-state index in [1.807, 2.05) is 69.9 Å². The normalized spacial score (nSPS) is 18.3. The lowest BCUT2D eigenvalue weighted by Gasteiger charge is -2.32. The van der Waals surface area contributed by atoms with Crippen LogP contribution < -0.4 is 20.3 Å². The summed E-state index contributed by atoms with van der Waals surface area (Å²) >= 11 is 0. The molecule has 2 N–H and O–H groups in total. The Morgan fingerprint density at radius 3 is 2.43 bits per heavy atom. The Morgan fingerprint density at radius 2 is 1.67 bits per heavy atom. The van der Waals surface area contributed by atoms with Gasteiger partial charge in [-0.15, -0.1) is 10.2 Å². The third-order valence-electron chi connectivity index (χ3n) is 9.01. The number of hydrogen-bond acceptors (Lipinski definition) is 6. The van der Waals surface area contributed by atoms with E-state index >= 15 is 0 Å². The van der Waals surface area contributed by atoms with E-state index < -0.39 is 0 Å². The molecule has 1 aliphatic heterocycles. The number of ether oxygens (including phenoxy) is 1. The molecule has 1 fully saturated rings. The van der Waals surface area contributed by atoms with Gasteiger partial charge in [-0.2, -0.15) is 5.10 Å². The van der Waals surface area contributed by atoms with Crippen LogP contribution in [-0.2, 0) is 5.41 Å². The van der Waals surface area contributed by atoms with Crippen LogP contribution >= 0.6 is 0 Å². The number of benzene rings is 2. The van der Waals surface area contributed by atoms with Crippen LogP contribution in [0.2, 0.25) is 0 Å². The Morgan fingerprint density at radius 1 is 0.913 bits per heavy atom. The number of carbonyl (C=O) groups is 1. The van der Waals surface area contributed by atoms with E-state index in [0.717, 1.165) is 65.8 Å². The van der Waals surface area contributed by atoms with Crippen LogP contribution in [0.15, 0.2) is 72.9 Å². The number of aryl methyl sites for hydroxylation is 1. The van der Waals surface area contributed by atoms with Gasteiger partial charge in [-0.3, -0.25) is 9.72 Å². The number of pyridine rings is 1. The summed E-state index contributed by atoms with van der Waals surface area (Å²) in [6.07, 6.45) is 6.97. The Labute approximate surface area is 269 Å². The summed E-state index contributed by atoms with van der Waals surface area (Å²) < 4.78 is 10.5. The second-order valence-corrected chi connectivity index (χ2v) is 13.5. The van der Waals surface area contributed by atoms with Crippen LogP contribution in [-0.4, -0.2) is 43.5 Å². The molecule has 0 spiro atoms. The van der Waals surface area contributed by atoms with Crippen LogP contribution in [0.4, 0.5) is 16.6 Å². The van der Waals surface area contributed by atoms with Crippen molar-refractivity contribution in [3.8, 4) is 11.4 Å². The highest BCUT2D eigenvalue weighted by Gasteiger charge is 2.30. The second kappa shape index (κ2) is 12.2. The topological polar surface area (TPSA) is 102 Å². The first-order valence-corrected chi connectivity index (χ1v) is 16.3. The number of fused-ring (bicyclic) bond motifs is 2. The molecule has 2 atom stereocenters. The molecule has 46 heavy (non-hydrogen) atoms. The Balaban J connectivity index is 1.09. The number of rotatable bonds is 6. The highest BCUT2D eigenvalue weighted by atomic mass is 16.5. The number of anilines is 2. The first kappa shape index (κ1) is 29.8. The molecule has 4 heterocycles. The van der Waals surface area contributed by atoms with Crippen molar-refractivity contribution in [2.75, 3.05) is 23.3 Å². The van der Waals surface area contributed by atoms with Crippen molar-refractivity contribution in [3.63, 3.8) is 0 Å². The summed E-state index contributed by atoms with van der Waals surface area (Å²) in [4.78, 5) is 15.8. The molecule has 0 bridgehead atoms. The quantitative estimate of drug-likeness (QED) is 0.207. The van der Waals surface area contributed by atoms with E-state index in [1.54, 1.807) is 0 Å². The average Bonchev–Trinajstić information content (AvgIpc) is 3.68. The molecular weight excluding hydrogens is 576 g/mol. The van der Waals surface area contributed by atoms with Gasteiger partial charge in [0.15, 0.2) is 5.65 Å². The van der Waals surface area contributed by atoms with Crippen LogP contribution in [0.5, 0.6) is 5.75 Å². The van der Waals surface area contributed by atoms with Crippen molar-refractivity contribution in [1.82, 2.24) is 29.7 Å². The molecule has 0 saturated carbocycles. The average molecular weight is 619 g/mol. The van der Waals surface area contributed by atoms with Gasteiger partial charge in [-0.1, -0.05) is 62.7 Å². The van der Waals surface area contributed by atoms with Crippen molar-refractivity contribution in [2.24, 2.45) is 0 Å². The number of hydrogen-bond donors (Lipinski definition) is 2. The van der Waals surface area contributed by atoms with Gasteiger partial charge < -0.3 is 15.0 Å². The van der Waals surface area contributed by atoms with Gasteiger partial charge in [0.05, 0.1) is 23.6 Å². The number of aromatic nitrogens is 5. The van der Waals surface area contributed by atoms with Crippen molar-refractivity contribution in [3.05, 3.63) is 95.3 Å². The minimum Gasteiger partial charge on any atom is -0.484 e. The van der Waals surface area contributed by atoms with Crippen LogP contribution in [0.3, 0.4) is 0 Å². The fourth-order valence-corrected chi connectivity index (χ4v) is 6.46. The first-order chi connectivity index (χ1) is 22.2. The molecule has 5 aromatic rings. The zero-order valence-corrected chi connectivity index (χ0v) is 27.0. The van der Waals surface area contributed by atoms with Crippen molar-refractivity contribution < 1.29 is 9.53 Å². The monoisotopic (exact) mass is 618 g/mol. The highest BCUT2D eigenvalue weighted by molar-refractivity contribution is 5.89.